The fourth-order valence-corrected chi connectivity index (χ4v) is 0.754. The molecule has 0 rings (SSSR count). The maximum Gasteiger partial charge on any atom is 0.0625 e. The Bertz CT molecular complexity index is 225. The monoisotopic (exact) mass is 163 g/mol. The second-order valence-electron chi connectivity index (χ2n) is 2.68. The van der Waals surface area contributed by atoms with Crippen molar-refractivity contribution >= 4 is 5.71 Å². The highest BCUT2D eigenvalue weighted by Gasteiger charge is 1.84. The normalized spacial score (nSPS) is 12.8. The number of hydrogen-bond donors (Lipinski definition) is 0. The third-order valence-electron chi connectivity index (χ3n) is 1.15. The van der Waals surface area contributed by atoms with Crippen LogP contribution in [0.5, 0.6) is 0 Å². The van der Waals surface area contributed by atoms with E-state index in [-0.39, 0.29) is 0 Å². The van der Waals surface area contributed by atoms with Crippen LogP contribution in [0.2, 0.25) is 0 Å². The number of rotatable bonds is 3. The average molecular weight is 163 g/mol. The predicted molar refractivity (Wildman–Crippen MR) is 56.5 cm³/mol. The fourth-order valence-electron chi connectivity index (χ4n) is 0.754. The van der Waals surface area contributed by atoms with Crippen molar-refractivity contribution in [3.8, 4) is 0 Å². The van der Waals surface area contributed by atoms with Gasteiger partial charge in [0.05, 0.1) is 5.70 Å². The zero-order valence-corrected chi connectivity index (χ0v) is 8.33. The molecule has 0 saturated heterocycles. The molecular formula is C11H17N. The largest absolute Gasteiger partial charge is 0.258 e. The van der Waals surface area contributed by atoms with Gasteiger partial charge >= 0.3 is 0 Å². The maximum atomic E-state index is 4.34. The summed E-state index contributed by atoms with van der Waals surface area (Å²) in [6, 6.07) is 0. The lowest BCUT2D eigenvalue weighted by Crippen LogP contribution is -1.81. The minimum atomic E-state index is 0.996. The van der Waals surface area contributed by atoms with Crippen LogP contribution in [0.25, 0.3) is 0 Å². The Balaban J connectivity index is 4.55. The zero-order valence-electron chi connectivity index (χ0n) is 8.33. The average Bonchev–Trinajstić information content (AvgIpc) is 2.00. The molecule has 0 heterocycles. The lowest BCUT2D eigenvalue weighted by atomic mass is 10.3. The molecule has 1 nitrogen and oxygen atoms in total. The number of allylic oxidation sites excluding steroid dienone is 5. The molecule has 0 aliphatic rings. The van der Waals surface area contributed by atoms with Gasteiger partial charge < -0.3 is 0 Å². The number of hydrogen-bond acceptors (Lipinski definition) is 1. The van der Waals surface area contributed by atoms with Crippen LogP contribution < -0.4 is 0 Å². The van der Waals surface area contributed by atoms with Gasteiger partial charge in [0.25, 0.3) is 0 Å². The summed E-state index contributed by atoms with van der Waals surface area (Å²) in [7, 11) is 0. The molecule has 1 heteroatoms. The van der Waals surface area contributed by atoms with Gasteiger partial charge in [-0.3, -0.25) is 4.99 Å². The van der Waals surface area contributed by atoms with Gasteiger partial charge in [-0.05, 0) is 39.8 Å². The summed E-state index contributed by atoms with van der Waals surface area (Å²) < 4.78 is 0. The summed E-state index contributed by atoms with van der Waals surface area (Å²) in [4.78, 5) is 4.34. The van der Waals surface area contributed by atoms with E-state index in [1.54, 1.807) is 0 Å². The zero-order chi connectivity index (χ0) is 9.40. The van der Waals surface area contributed by atoms with Crippen molar-refractivity contribution in [3.63, 3.8) is 0 Å². The van der Waals surface area contributed by atoms with Crippen molar-refractivity contribution in [2.75, 3.05) is 0 Å². The summed E-state index contributed by atoms with van der Waals surface area (Å²) in [6.45, 7) is 7.97. The molecule has 0 aliphatic carbocycles. The molecule has 0 radical (unpaired) electrons. The first kappa shape index (κ1) is 10.9. The quantitative estimate of drug-likeness (QED) is 0.446. The molecule has 12 heavy (non-hydrogen) atoms. The first-order valence-electron chi connectivity index (χ1n) is 4.18. The minimum absolute atomic E-state index is 0.996. The van der Waals surface area contributed by atoms with Crippen LogP contribution in [-0.4, -0.2) is 5.71 Å². The Morgan fingerprint density at radius 2 is 1.75 bits per heavy atom. The second-order valence-corrected chi connectivity index (χ2v) is 2.68. The highest BCUT2D eigenvalue weighted by molar-refractivity contribution is 5.80. The minimum Gasteiger partial charge on any atom is -0.258 e. The molecule has 0 fully saturated rings. The van der Waals surface area contributed by atoms with Gasteiger partial charge in [0, 0.05) is 5.71 Å². The summed E-state index contributed by atoms with van der Waals surface area (Å²) in [6.07, 6.45) is 9.95. The molecular weight excluding hydrogens is 146 g/mol. The van der Waals surface area contributed by atoms with Gasteiger partial charge in [0.1, 0.15) is 0 Å². The van der Waals surface area contributed by atoms with E-state index in [9.17, 15) is 0 Å². The van der Waals surface area contributed by atoms with E-state index in [1.807, 2.05) is 58.1 Å². The molecule has 0 unspecified atom stereocenters. The van der Waals surface area contributed by atoms with Crippen molar-refractivity contribution in [1.29, 1.82) is 0 Å². The van der Waals surface area contributed by atoms with Crippen LogP contribution in [0, 0.1) is 0 Å². The van der Waals surface area contributed by atoms with E-state index >= 15 is 0 Å². The molecule has 0 saturated carbocycles. The van der Waals surface area contributed by atoms with Crippen LogP contribution >= 0.6 is 0 Å². The molecule has 0 bridgehead atoms. The lowest BCUT2D eigenvalue weighted by Gasteiger charge is -1.92. The van der Waals surface area contributed by atoms with Gasteiger partial charge in [-0.2, -0.15) is 0 Å². The Morgan fingerprint density at radius 1 is 1.08 bits per heavy atom. The van der Waals surface area contributed by atoms with E-state index in [4.69, 9.17) is 0 Å². The van der Waals surface area contributed by atoms with Gasteiger partial charge in [-0.25, -0.2) is 0 Å². The summed E-state index contributed by atoms with van der Waals surface area (Å²) in [5.41, 5.74) is 2.07. The van der Waals surface area contributed by atoms with Crippen LogP contribution in [0.3, 0.4) is 0 Å². The van der Waals surface area contributed by atoms with Crippen molar-refractivity contribution in [3.05, 3.63) is 36.1 Å². The van der Waals surface area contributed by atoms with Gasteiger partial charge in [-0.15, -0.1) is 0 Å². The van der Waals surface area contributed by atoms with Crippen LogP contribution in [0.15, 0.2) is 41.1 Å². The second kappa shape index (κ2) is 6.59. The number of aliphatic imine (C=N–C) groups is 1. The van der Waals surface area contributed by atoms with E-state index in [0.717, 1.165) is 11.4 Å². The molecule has 0 atom stereocenters. The molecule has 0 N–H and O–H groups in total. The first-order chi connectivity index (χ1) is 5.70. The highest BCUT2D eigenvalue weighted by atomic mass is 14.7. The van der Waals surface area contributed by atoms with Crippen molar-refractivity contribution in [1.82, 2.24) is 0 Å². The van der Waals surface area contributed by atoms with Gasteiger partial charge in [-0.1, -0.05) is 18.2 Å². The Hall–Kier alpha value is -1.11. The molecule has 0 amide bonds. The lowest BCUT2D eigenvalue weighted by molar-refractivity contribution is 1.37. The predicted octanol–water partition coefficient (Wildman–Crippen LogP) is 3.50. The first-order valence-corrected chi connectivity index (χ1v) is 4.18. The van der Waals surface area contributed by atoms with Crippen LogP contribution in [0.1, 0.15) is 27.7 Å². The topological polar surface area (TPSA) is 12.4 Å². The summed E-state index contributed by atoms with van der Waals surface area (Å²) >= 11 is 0. The Morgan fingerprint density at radius 3 is 2.17 bits per heavy atom. The van der Waals surface area contributed by atoms with E-state index in [0.29, 0.717) is 0 Å². The van der Waals surface area contributed by atoms with E-state index in [2.05, 4.69) is 4.99 Å². The summed E-state index contributed by atoms with van der Waals surface area (Å²) in [5.74, 6) is 0. The van der Waals surface area contributed by atoms with Crippen molar-refractivity contribution < 1.29 is 0 Å². The van der Waals surface area contributed by atoms with Gasteiger partial charge in [0.15, 0.2) is 0 Å². The standard InChI is InChI=1S/C11H17N/c1-5-7-9-11(8-6-2)12-10(3)4/h5-9H,1-4H3/b7-5-,8-6-,11-9+. The highest BCUT2D eigenvalue weighted by Crippen LogP contribution is 2.00. The van der Waals surface area contributed by atoms with Crippen LogP contribution in [0.4, 0.5) is 0 Å². The Labute approximate surface area is 75.2 Å². The molecule has 66 valence electrons. The number of nitrogens with zero attached hydrogens (tertiary/aromatic N) is 1. The van der Waals surface area contributed by atoms with Crippen LogP contribution in [-0.2, 0) is 0 Å². The van der Waals surface area contributed by atoms with E-state index in [1.165, 1.54) is 0 Å². The Kier molecular flexibility index (Phi) is 5.98. The van der Waals surface area contributed by atoms with Crippen molar-refractivity contribution in [2.45, 2.75) is 27.7 Å². The molecule has 0 aromatic rings. The SMILES string of the molecule is C\C=C/C=C(\C=C/C)N=C(C)C. The third-order valence-corrected chi connectivity index (χ3v) is 1.15. The molecule has 0 aromatic heterocycles. The molecule has 0 aromatic carbocycles. The smallest absolute Gasteiger partial charge is 0.0625 e. The third kappa shape index (κ3) is 5.66. The molecule has 0 aliphatic heterocycles. The molecule has 0 spiro atoms. The summed E-state index contributed by atoms with van der Waals surface area (Å²) in [5, 5.41) is 0. The van der Waals surface area contributed by atoms with E-state index < -0.39 is 0 Å². The maximum absolute atomic E-state index is 4.34. The van der Waals surface area contributed by atoms with Gasteiger partial charge in [0.2, 0.25) is 0 Å². The van der Waals surface area contributed by atoms with Crippen molar-refractivity contribution in [2.24, 2.45) is 4.99 Å². The fraction of sp³-hybridized carbons (Fsp3) is 0.364.